The van der Waals surface area contributed by atoms with E-state index >= 15 is 0 Å². The van der Waals surface area contributed by atoms with E-state index in [0.717, 1.165) is 0 Å². The first-order valence-electron chi connectivity index (χ1n) is 8.86. The van der Waals surface area contributed by atoms with Crippen LogP contribution in [0.4, 0.5) is 11.4 Å². The number of hydrogen-bond donors (Lipinski definition) is 0. The van der Waals surface area contributed by atoms with E-state index < -0.39 is 4.92 Å². The van der Waals surface area contributed by atoms with Gasteiger partial charge in [-0.2, -0.15) is 0 Å². The molecular weight excluding hydrogens is 372 g/mol. The number of ether oxygens (including phenoxy) is 1. The molecule has 0 saturated carbocycles. The molecule has 0 atom stereocenters. The maximum Gasteiger partial charge on any atom is 0.269 e. The summed E-state index contributed by atoms with van der Waals surface area (Å²) in [5, 5.41) is 10.9. The Morgan fingerprint density at radius 3 is 2.45 bits per heavy atom. The summed E-state index contributed by atoms with van der Waals surface area (Å²) < 4.78 is 5.27. The van der Waals surface area contributed by atoms with Crippen LogP contribution in [0.5, 0.6) is 5.75 Å². The van der Waals surface area contributed by atoms with E-state index in [9.17, 15) is 19.7 Å². The molecule has 0 saturated heterocycles. The van der Waals surface area contributed by atoms with Crippen LogP contribution in [0.25, 0.3) is 0 Å². The maximum absolute atomic E-state index is 13.3. The first kappa shape index (κ1) is 18.4. The Labute approximate surface area is 166 Å². The van der Waals surface area contributed by atoms with Gasteiger partial charge in [-0.1, -0.05) is 12.1 Å². The third-order valence-electron chi connectivity index (χ3n) is 4.90. The van der Waals surface area contributed by atoms with Crippen LogP contribution in [0.2, 0.25) is 0 Å². The lowest BCUT2D eigenvalue weighted by Crippen LogP contribution is -2.30. The molecule has 0 fully saturated rings. The zero-order chi connectivity index (χ0) is 20.5. The monoisotopic (exact) mass is 388 g/mol. The van der Waals surface area contributed by atoms with Crippen LogP contribution >= 0.6 is 0 Å². The first-order valence-corrected chi connectivity index (χ1v) is 8.86. The maximum atomic E-state index is 13.3. The molecule has 0 N–H and O–H groups in total. The summed E-state index contributed by atoms with van der Waals surface area (Å²) in [4.78, 5) is 38.3. The highest BCUT2D eigenvalue weighted by molar-refractivity contribution is 6.18. The van der Waals surface area contributed by atoms with Crippen LogP contribution in [0.15, 0.2) is 66.7 Å². The van der Waals surface area contributed by atoms with E-state index in [4.69, 9.17) is 4.74 Å². The van der Waals surface area contributed by atoms with Crippen LogP contribution in [-0.4, -0.2) is 23.7 Å². The zero-order valence-corrected chi connectivity index (χ0v) is 15.5. The van der Waals surface area contributed by atoms with Crippen LogP contribution in [0, 0.1) is 10.1 Å². The van der Waals surface area contributed by atoms with Gasteiger partial charge in [0.2, 0.25) is 0 Å². The zero-order valence-electron chi connectivity index (χ0n) is 15.5. The molecule has 3 aromatic rings. The normalized spacial score (nSPS) is 12.6. The standard InChI is InChI=1S/C22H16N2O5/c1-29-17-10-11-18-15(12-17)13-23(20-5-3-2-4-19(20)21(18)25)22(26)14-6-8-16(9-7-14)24(27)28/h2-12H,13H2,1H3. The molecule has 1 aliphatic heterocycles. The van der Waals surface area contributed by atoms with Crippen LogP contribution < -0.4 is 9.64 Å². The van der Waals surface area contributed by atoms with Crippen LogP contribution in [-0.2, 0) is 6.54 Å². The Hall–Kier alpha value is -4.00. The quantitative estimate of drug-likeness (QED) is 0.500. The number of nitro benzene ring substituents is 1. The van der Waals surface area contributed by atoms with Gasteiger partial charge in [-0.15, -0.1) is 0 Å². The van der Waals surface area contributed by atoms with E-state index in [2.05, 4.69) is 0 Å². The molecule has 1 aliphatic rings. The van der Waals surface area contributed by atoms with Crippen molar-refractivity contribution in [3.8, 4) is 5.75 Å². The molecule has 0 bridgehead atoms. The van der Waals surface area contributed by atoms with Gasteiger partial charge in [0.25, 0.3) is 11.6 Å². The fourth-order valence-electron chi connectivity index (χ4n) is 3.41. The van der Waals surface area contributed by atoms with Crippen molar-refractivity contribution in [2.45, 2.75) is 6.54 Å². The van der Waals surface area contributed by atoms with Gasteiger partial charge in [0.15, 0.2) is 5.78 Å². The van der Waals surface area contributed by atoms with Gasteiger partial charge in [-0.25, -0.2) is 0 Å². The van der Waals surface area contributed by atoms with Crippen molar-refractivity contribution in [2.24, 2.45) is 0 Å². The number of para-hydroxylation sites is 1. The van der Waals surface area contributed by atoms with Gasteiger partial charge < -0.3 is 9.64 Å². The topological polar surface area (TPSA) is 89.8 Å². The Bertz CT molecular complexity index is 1140. The molecule has 0 aromatic heterocycles. The van der Waals surface area contributed by atoms with Gasteiger partial charge in [0.1, 0.15) is 5.75 Å². The highest BCUT2D eigenvalue weighted by atomic mass is 16.6. The summed E-state index contributed by atoms with van der Waals surface area (Å²) in [7, 11) is 1.54. The fraction of sp³-hybridized carbons (Fsp3) is 0.0909. The lowest BCUT2D eigenvalue weighted by molar-refractivity contribution is -0.384. The number of benzene rings is 3. The highest BCUT2D eigenvalue weighted by Gasteiger charge is 2.29. The van der Waals surface area contributed by atoms with E-state index in [1.54, 1.807) is 42.5 Å². The summed E-state index contributed by atoms with van der Waals surface area (Å²) in [6.45, 7) is 0.172. The van der Waals surface area contributed by atoms with E-state index in [1.807, 2.05) is 0 Å². The second-order valence-electron chi connectivity index (χ2n) is 6.56. The number of anilines is 1. The Kier molecular flexibility index (Phi) is 4.56. The highest BCUT2D eigenvalue weighted by Crippen LogP contribution is 2.33. The van der Waals surface area contributed by atoms with E-state index in [1.165, 1.54) is 36.3 Å². The Morgan fingerprint density at radius 1 is 1.03 bits per heavy atom. The second-order valence-corrected chi connectivity index (χ2v) is 6.56. The predicted molar refractivity (Wildman–Crippen MR) is 106 cm³/mol. The van der Waals surface area contributed by atoms with Crippen LogP contribution in [0.1, 0.15) is 31.8 Å². The first-order chi connectivity index (χ1) is 14.0. The van der Waals surface area contributed by atoms with Crippen molar-refractivity contribution in [3.63, 3.8) is 0 Å². The number of methoxy groups -OCH3 is 1. The van der Waals surface area contributed by atoms with Crippen molar-refractivity contribution in [1.82, 2.24) is 0 Å². The molecule has 0 radical (unpaired) electrons. The number of carbonyl (C=O) groups is 2. The number of non-ortho nitro benzene ring substituents is 1. The number of nitrogens with zero attached hydrogens (tertiary/aromatic N) is 2. The average Bonchev–Trinajstić information content (AvgIpc) is 2.88. The third-order valence-corrected chi connectivity index (χ3v) is 4.90. The number of amides is 1. The average molecular weight is 388 g/mol. The van der Waals surface area contributed by atoms with Crippen LogP contribution in [0.3, 0.4) is 0 Å². The molecule has 0 aliphatic carbocycles. The summed E-state index contributed by atoms with van der Waals surface area (Å²) in [6, 6.07) is 17.5. The van der Waals surface area contributed by atoms with Gasteiger partial charge in [-0.3, -0.25) is 19.7 Å². The van der Waals surface area contributed by atoms with E-state index in [-0.39, 0.29) is 23.9 Å². The fourth-order valence-corrected chi connectivity index (χ4v) is 3.41. The minimum atomic E-state index is -0.517. The molecule has 144 valence electrons. The van der Waals surface area contributed by atoms with Gasteiger partial charge in [-0.05, 0) is 48.0 Å². The largest absolute Gasteiger partial charge is 0.497 e. The Balaban J connectivity index is 1.82. The molecule has 3 aromatic carbocycles. The molecule has 0 spiro atoms. The molecule has 1 heterocycles. The van der Waals surface area contributed by atoms with Crippen molar-refractivity contribution < 1.29 is 19.2 Å². The van der Waals surface area contributed by atoms with Crippen molar-refractivity contribution in [1.29, 1.82) is 0 Å². The SMILES string of the molecule is COc1ccc2c(c1)CN(C(=O)c1ccc([N+](=O)[O-])cc1)c1ccccc1C2=O. The van der Waals surface area contributed by atoms with Crippen molar-refractivity contribution in [2.75, 3.05) is 12.0 Å². The Morgan fingerprint density at radius 2 is 1.76 bits per heavy atom. The molecule has 4 rings (SSSR count). The molecule has 29 heavy (non-hydrogen) atoms. The summed E-state index contributed by atoms with van der Waals surface area (Å²) in [5.74, 6) is 0.0679. The number of fused-ring (bicyclic) bond motifs is 2. The van der Waals surface area contributed by atoms with E-state index in [0.29, 0.717) is 33.7 Å². The second kappa shape index (κ2) is 7.20. The third kappa shape index (κ3) is 3.23. The smallest absolute Gasteiger partial charge is 0.269 e. The molecule has 7 nitrogen and oxygen atoms in total. The minimum absolute atomic E-state index is 0.0944. The molecule has 7 heteroatoms. The predicted octanol–water partition coefficient (Wildman–Crippen LogP) is 3.99. The number of nitro groups is 1. The number of carbonyl (C=O) groups excluding carboxylic acids is 2. The minimum Gasteiger partial charge on any atom is -0.497 e. The van der Waals surface area contributed by atoms with Crippen molar-refractivity contribution in [3.05, 3.63) is 99.1 Å². The molecule has 1 amide bonds. The summed E-state index contributed by atoms with van der Waals surface area (Å²) in [6.07, 6.45) is 0. The lowest BCUT2D eigenvalue weighted by Gasteiger charge is -2.23. The lowest BCUT2D eigenvalue weighted by atomic mass is 9.99. The number of rotatable bonds is 3. The number of hydrogen-bond acceptors (Lipinski definition) is 5. The van der Waals surface area contributed by atoms with Gasteiger partial charge in [0, 0.05) is 28.8 Å². The summed E-state index contributed by atoms with van der Waals surface area (Å²) in [5.41, 5.74) is 2.30. The molecular formula is C22H16N2O5. The van der Waals surface area contributed by atoms with Crippen molar-refractivity contribution >= 4 is 23.1 Å². The van der Waals surface area contributed by atoms with Gasteiger partial charge >= 0.3 is 0 Å². The number of ketones is 1. The van der Waals surface area contributed by atoms with Gasteiger partial charge in [0.05, 0.1) is 24.3 Å². The molecule has 0 unspecified atom stereocenters. The summed E-state index contributed by atoms with van der Waals surface area (Å²) >= 11 is 0.